The molecule has 0 heterocycles. The van der Waals surface area contributed by atoms with Crippen LogP contribution in [0.15, 0.2) is 0 Å². The second kappa shape index (κ2) is 17.3. The number of carboxylic acid groups (broad SMARTS) is 1. The third-order valence-electron chi connectivity index (χ3n) is 2.30. The second-order valence-corrected chi connectivity index (χ2v) is 4.21. The van der Waals surface area contributed by atoms with Gasteiger partial charge in [0.1, 0.15) is 0 Å². The summed E-state index contributed by atoms with van der Waals surface area (Å²) < 4.78 is 26.2. The Hall–Kier alpha value is -0.730. The zero-order valence-electron chi connectivity index (χ0n) is 12.9. The van der Waals surface area contributed by atoms with Crippen LogP contribution in [-0.2, 0) is 28.5 Å². The number of hydrogen-bond donors (Lipinski definition) is 1. The highest BCUT2D eigenvalue weighted by Gasteiger charge is 1.96. The molecule has 0 fully saturated rings. The minimum atomic E-state index is -0.858. The van der Waals surface area contributed by atoms with Crippen molar-refractivity contribution < 1.29 is 33.6 Å². The van der Waals surface area contributed by atoms with Crippen molar-refractivity contribution in [3.05, 3.63) is 0 Å². The monoisotopic (exact) mass is 308 g/mol. The molecule has 0 atom stereocenters. The Morgan fingerprint density at radius 1 is 0.667 bits per heavy atom. The quantitative estimate of drug-likeness (QED) is 0.401. The molecule has 21 heavy (non-hydrogen) atoms. The molecule has 0 radical (unpaired) electrons. The highest BCUT2D eigenvalue weighted by atomic mass is 16.6. The van der Waals surface area contributed by atoms with E-state index < -0.39 is 5.97 Å². The van der Waals surface area contributed by atoms with Gasteiger partial charge >= 0.3 is 5.97 Å². The maximum atomic E-state index is 10.2. The highest BCUT2D eigenvalue weighted by Crippen LogP contribution is 1.86. The number of hydrogen-bond acceptors (Lipinski definition) is 6. The summed E-state index contributed by atoms with van der Waals surface area (Å²) in [6, 6.07) is 0. The average molecular weight is 308 g/mol. The largest absolute Gasteiger partial charge is 0.481 e. The van der Waals surface area contributed by atoms with Crippen LogP contribution >= 0.6 is 0 Å². The van der Waals surface area contributed by atoms with E-state index in [1.807, 2.05) is 0 Å². The summed E-state index contributed by atoms with van der Waals surface area (Å²) in [6.45, 7) is 7.19. The van der Waals surface area contributed by atoms with Crippen LogP contribution in [0.1, 0.15) is 19.8 Å². The molecule has 0 unspecified atom stereocenters. The summed E-state index contributed by atoms with van der Waals surface area (Å²) >= 11 is 0. The maximum Gasteiger partial charge on any atom is 0.305 e. The fourth-order valence-corrected chi connectivity index (χ4v) is 1.29. The standard InChI is InChI=1S/C14H28O7/c1-2-4-17-6-8-19-10-12-21-13-11-20-9-7-18-5-3-14(15)16/h2-13H2,1H3,(H,15,16). The molecule has 0 spiro atoms. The van der Waals surface area contributed by atoms with Crippen LogP contribution in [0.4, 0.5) is 0 Å². The Kier molecular flexibility index (Phi) is 16.7. The zero-order chi connectivity index (χ0) is 15.6. The van der Waals surface area contributed by atoms with Crippen LogP contribution in [-0.4, -0.2) is 77.1 Å². The van der Waals surface area contributed by atoms with Gasteiger partial charge in [-0.1, -0.05) is 6.92 Å². The van der Waals surface area contributed by atoms with Crippen LogP contribution in [0.25, 0.3) is 0 Å². The van der Waals surface area contributed by atoms with Crippen molar-refractivity contribution in [3.8, 4) is 0 Å². The number of ether oxygens (including phenoxy) is 5. The summed E-state index contributed by atoms with van der Waals surface area (Å²) in [5, 5.41) is 8.38. The van der Waals surface area contributed by atoms with E-state index in [1.165, 1.54) is 0 Å². The van der Waals surface area contributed by atoms with Gasteiger partial charge in [0, 0.05) is 6.61 Å². The van der Waals surface area contributed by atoms with Crippen LogP contribution < -0.4 is 0 Å². The van der Waals surface area contributed by atoms with Crippen LogP contribution in [0.3, 0.4) is 0 Å². The smallest absolute Gasteiger partial charge is 0.305 e. The van der Waals surface area contributed by atoms with Gasteiger partial charge in [0.25, 0.3) is 0 Å². The summed E-state index contributed by atoms with van der Waals surface area (Å²) in [5.74, 6) is -0.858. The fraction of sp³-hybridized carbons (Fsp3) is 0.929. The van der Waals surface area contributed by atoms with Crippen molar-refractivity contribution in [2.24, 2.45) is 0 Å². The Bertz CT molecular complexity index is 223. The van der Waals surface area contributed by atoms with Gasteiger partial charge in [-0.2, -0.15) is 0 Å². The summed E-state index contributed by atoms with van der Waals surface area (Å²) in [6.07, 6.45) is 1.04. The van der Waals surface area contributed by atoms with Crippen molar-refractivity contribution >= 4 is 5.97 Å². The minimum Gasteiger partial charge on any atom is -0.481 e. The van der Waals surface area contributed by atoms with Crippen LogP contribution in [0, 0.1) is 0 Å². The van der Waals surface area contributed by atoms with E-state index in [0.717, 1.165) is 13.0 Å². The third kappa shape index (κ3) is 19.3. The molecule has 7 nitrogen and oxygen atoms in total. The number of carboxylic acids is 1. The average Bonchev–Trinajstić information content (AvgIpc) is 2.46. The number of carbonyl (C=O) groups is 1. The van der Waals surface area contributed by atoms with Gasteiger partial charge in [-0.15, -0.1) is 0 Å². The fourth-order valence-electron chi connectivity index (χ4n) is 1.29. The first-order chi connectivity index (χ1) is 10.3. The van der Waals surface area contributed by atoms with E-state index in [1.54, 1.807) is 0 Å². The molecule has 0 bridgehead atoms. The molecule has 0 aromatic heterocycles. The Balaban J connectivity index is 2.95. The molecule has 0 aliphatic carbocycles. The van der Waals surface area contributed by atoms with Gasteiger partial charge < -0.3 is 28.8 Å². The van der Waals surface area contributed by atoms with Crippen LogP contribution in [0.5, 0.6) is 0 Å². The van der Waals surface area contributed by atoms with Crippen molar-refractivity contribution in [2.75, 3.05) is 66.1 Å². The molecule has 0 saturated carbocycles. The van der Waals surface area contributed by atoms with Crippen molar-refractivity contribution in [2.45, 2.75) is 19.8 Å². The topological polar surface area (TPSA) is 83.5 Å². The maximum absolute atomic E-state index is 10.2. The lowest BCUT2D eigenvalue weighted by molar-refractivity contribution is -0.138. The van der Waals surface area contributed by atoms with Gasteiger partial charge in [-0.25, -0.2) is 0 Å². The Morgan fingerprint density at radius 2 is 1.00 bits per heavy atom. The van der Waals surface area contributed by atoms with E-state index >= 15 is 0 Å². The molecule has 0 aromatic carbocycles. The lowest BCUT2D eigenvalue weighted by Crippen LogP contribution is -2.13. The summed E-state index contributed by atoms with van der Waals surface area (Å²) in [4.78, 5) is 10.2. The van der Waals surface area contributed by atoms with Crippen LogP contribution in [0.2, 0.25) is 0 Å². The molecule has 0 saturated heterocycles. The predicted molar refractivity (Wildman–Crippen MR) is 76.6 cm³/mol. The first-order valence-electron chi connectivity index (χ1n) is 7.38. The van der Waals surface area contributed by atoms with Crippen molar-refractivity contribution in [1.82, 2.24) is 0 Å². The normalized spacial score (nSPS) is 10.9. The molecule has 0 amide bonds. The van der Waals surface area contributed by atoms with Gasteiger partial charge in [0.2, 0.25) is 0 Å². The third-order valence-corrected chi connectivity index (χ3v) is 2.30. The SMILES string of the molecule is CCCOCCOCCOCCOCCOCCC(=O)O. The van der Waals surface area contributed by atoms with Crippen molar-refractivity contribution in [1.29, 1.82) is 0 Å². The molecule has 0 rings (SSSR count). The van der Waals surface area contributed by atoms with E-state index in [2.05, 4.69) is 6.92 Å². The first-order valence-corrected chi connectivity index (χ1v) is 7.38. The summed E-state index contributed by atoms with van der Waals surface area (Å²) in [7, 11) is 0. The molecule has 0 aliphatic rings. The number of aliphatic carboxylic acids is 1. The minimum absolute atomic E-state index is 0.0204. The first kappa shape index (κ1) is 20.3. The Morgan fingerprint density at radius 3 is 1.33 bits per heavy atom. The number of rotatable bonds is 17. The summed E-state index contributed by atoms with van der Waals surface area (Å²) in [5.41, 5.74) is 0. The molecule has 0 aromatic rings. The molecule has 126 valence electrons. The van der Waals surface area contributed by atoms with E-state index in [0.29, 0.717) is 52.9 Å². The highest BCUT2D eigenvalue weighted by molar-refractivity contribution is 5.66. The molecule has 0 aliphatic heterocycles. The lowest BCUT2D eigenvalue weighted by atomic mass is 10.5. The molecular formula is C14H28O7. The van der Waals surface area contributed by atoms with E-state index in [-0.39, 0.29) is 13.0 Å². The zero-order valence-corrected chi connectivity index (χ0v) is 12.9. The van der Waals surface area contributed by atoms with Crippen molar-refractivity contribution in [3.63, 3.8) is 0 Å². The van der Waals surface area contributed by atoms with Gasteiger partial charge in [0.05, 0.1) is 65.9 Å². The molecule has 1 N–H and O–H groups in total. The van der Waals surface area contributed by atoms with Gasteiger partial charge in [-0.3, -0.25) is 4.79 Å². The van der Waals surface area contributed by atoms with Gasteiger partial charge in [0.15, 0.2) is 0 Å². The molecule has 7 heteroatoms. The van der Waals surface area contributed by atoms with E-state index in [9.17, 15) is 4.79 Å². The molecular weight excluding hydrogens is 280 g/mol. The second-order valence-electron chi connectivity index (χ2n) is 4.21. The van der Waals surface area contributed by atoms with E-state index in [4.69, 9.17) is 28.8 Å². The Labute approximate surface area is 126 Å². The lowest BCUT2D eigenvalue weighted by Gasteiger charge is -2.07. The van der Waals surface area contributed by atoms with Gasteiger partial charge in [-0.05, 0) is 6.42 Å². The predicted octanol–water partition coefficient (Wildman–Crippen LogP) is 0.954.